The number of aromatic nitrogens is 2. The average Bonchev–Trinajstić information content (AvgIpc) is 3.57. The minimum absolute atomic E-state index is 0.00788. The van der Waals surface area contributed by atoms with Crippen LogP contribution in [-0.4, -0.2) is 40.0 Å². The Hall–Kier alpha value is -3.92. The normalized spacial score (nSPS) is 30.4. The molecule has 2 amide bonds. The molecule has 1 saturated carbocycles. The van der Waals surface area contributed by atoms with Gasteiger partial charge in [-0.05, 0) is 66.8 Å². The van der Waals surface area contributed by atoms with Crippen LogP contribution in [0.5, 0.6) is 0 Å². The van der Waals surface area contributed by atoms with E-state index in [2.05, 4.69) is 15.3 Å². The molecule has 0 bridgehead atoms. The van der Waals surface area contributed by atoms with Gasteiger partial charge in [0.25, 0.3) is 0 Å². The molecule has 3 N–H and O–H groups in total. The van der Waals surface area contributed by atoms with Crippen LogP contribution in [-0.2, 0) is 14.9 Å². The van der Waals surface area contributed by atoms with E-state index in [4.69, 9.17) is 10.5 Å². The predicted octanol–water partition coefficient (Wildman–Crippen LogP) is 4.74. The SMILES string of the molecule is N[C@@H]1c2cccnc2[C@H](OC(=O)N2C[C@@H]3CC4(C[C@@H]3C2)C(=O)Nc2ncccc24)CC[C@H]1c1cccc(F)c1F. The van der Waals surface area contributed by atoms with Crippen LogP contribution in [0.3, 0.4) is 0 Å². The smallest absolute Gasteiger partial charge is 0.410 e. The molecule has 2 fully saturated rings. The zero-order valence-electron chi connectivity index (χ0n) is 21.7. The number of ether oxygens (including phenoxy) is 1. The van der Waals surface area contributed by atoms with Crippen molar-refractivity contribution in [3.63, 3.8) is 0 Å². The van der Waals surface area contributed by atoms with E-state index in [0.29, 0.717) is 55.8 Å². The van der Waals surface area contributed by atoms with Crippen LogP contribution in [0.2, 0.25) is 0 Å². The number of amides is 2. The number of nitrogens with one attached hydrogen (secondary N) is 1. The molecular formula is C30H29F2N5O3. The van der Waals surface area contributed by atoms with Gasteiger partial charge in [-0.15, -0.1) is 0 Å². The highest BCUT2D eigenvalue weighted by molar-refractivity contribution is 6.05. The summed E-state index contributed by atoms with van der Waals surface area (Å²) >= 11 is 0. The van der Waals surface area contributed by atoms with Gasteiger partial charge in [0, 0.05) is 43.0 Å². The zero-order valence-corrected chi connectivity index (χ0v) is 21.7. The van der Waals surface area contributed by atoms with Gasteiger partial charge in [-0.25, -0.2) is 18.6 Å². The van der Waals surface area contributed by atoms with E-state index in [9.17, 15) is 18.4 Å². The summed E-state index contributed by atoms with van der Waals surface area (Å²) < 4.78 is 34.8. The molecule has 0 radical (unpaired) electrons. The van der Waals surface area contributed by atoms with Crippen molar-refractivity contribution in [2.45, 2.75) is 49.2 Å². The van der Waals surface area contributed by atoms with E-state index in [-0.39, 0.29) is 23.3 Å². The van der Waals surface area contributed by atoms with E-state index in [1.54, 1.807) is 29.4 Å². The molecule has 4 heterocycles. The Kier molecular flexibility index (Phi) is 5.85. The minimum atomic E-state index is -0.917. The summed E-state index contributed by atoms with van der Waals surface area (Å²) in [4.78, 5) is 37.0. The van der Waals surface area contributed by atoms with Crippen LogP contribution >= 0.6 is 0 Å². The topological polar surface area (TPSA) is 110 Å². The molecule has 3 aromatic rings. The highest BCUT2D eigenvalue weighted by Crippen LogP contribution is 2.55. The van der Waals surface area contributed by atoms with E-state index in [0.717, 1.165) is 11.6 Å². The maximum Gasteiger partial charge on any atom is 0.410 e. The highest BCUT2D eigenvalue weighted by atomic mass is 19.2. The van der Waals surface area contributed by atoms with Crippen molar-refractivity contribution in [1.29, 1.82) is 0 Å². The number of carbonyl (C=O) groups is 2. The fraction of sp³-hybridized carbons (Fsp3) is 0.400. The van der Waals surface area contributed by atoms with Crippen LogP contribution in [0.1, 0.15) is 66.1 Å². The summed E-state index contributed by atoms with van der Waals surface area (Å²) in [5, 5.41) is 2.93. The number of hydrogen-bond acceptors (Lipinski definition) is 6. The van der Waals surface area contributed by atoms with Crippen LogP contribution in [0, 0.1) is 23.5 Å². The van der Waals surface area contributed by atoms with Crippen molar-refractivity contribution in [3.8, 4) is 0 Å². The van der Waals surface area contributed by atoms with E-state index in [1.165, 1.54) is 6.07 Å². The fourth-order valence-electron chi connectivity index (χ4n) is 7.49. The monoisotopic (exact) mass is 545 g/mol. The molecule has 1 aromatic carbocycles. The number of hydrogen-bond donors (Lipinski definition) is 2. The van der Waals surface area contributed by atoms with Gasteiger partial charge in [-0.2, -0.15) is 0 Å². The van der Waals surface area contributed by atoms with Crippen LogP contribution in [0.25, 0.3) is 0 Å². The first-order valence-electron chi connectivity index (χ1n) is 13.7. The second kappa shape index (κ2) is 9.33. The van der Waals surface area contributed by atoms with E-state index < -0.39 is 41.2 Å². The Bertz CT molecular complexity index is 1500. The summed E-state index contributed by atoms with van der Waals surface area (Å²) in [7, 11) is 0. The molecule has 2 aliphatic carbocycles. The van der Waals surface area contributed by atoms with E-state index >= 15 is 0 Å². The summed E-state index contributed by atoms with van der Waals surface area (Å²) in [5.74, 6) is -1.33. The summed E-state index contributed by atoms with van der Waals surface area (Å²) in [6.07, 6.45) is 4.29. The van der Waals surface area contributed by atoms with Gasteiger partial charge < -0.3 is 20.7 Å². The number of likely N-dealkylation sites (tertiary alicyclic amines) is 1. The third-order valence-electron chi connectivity index (χ3n) is 9.38. The van der Waals surface area contributed by atoms with Gasteiger partial charge >= 0.3 is 6.09 Å². The number of pyridine rings is 2. The molecule has 2 aromatic heterocycles. The Labute approximate surface area is 229 Å². The maximum absolute atomic E-state index is 14.7. The molecule has 2 aliphatic heterocycles. The first-order chi connectivity index (χ1) is 19.4. The molecule has 40 heavy (non-hydrogen) atoms. The van der Waals surface area contributed by atoms with Crippen molar-refractivity contribution >= 4 is 17.8 Å². The third kappa shape index (κ3) is 3.80. The van der Waals surface area contributed by atoms with Crippen LogP contribution in [0.15, 0.2) is 54.9 Å². The quantitative estimate of drug-likeness (QED) is 0.450. The fourth-order valence-corrected chi connectivity index (χ4v) is 7.49. The van der Waals surface area contributed by atoms with Crippen LogP contribution in [0.4, 0.5) is 19.4 Å². The number of anilines is 1. The van der Waals surface area contributed by atoms with Gasteiger partial charge in [-0.3, -0.25) is 9.78 Å². The summed E-state index contributed by atoms with van der Waals surface area (Å²) in [5.41, 5.74) is 8.38. The molecule has 8 nitrogen and oxygen atoms in total. The lowest BCUT2D eigenvalue weighted by atomic mass is 9.79. The predicted molar refractivity (Wildman–Crippen MR) is 141 cm³/mol. The van der Waals surface area contributed by atoms with Gasteiger partial charge in [-0.1, -0.05) is 24.3 Å². The Morgan fingerprint density at radius 1 is 1.00 bits per heavy atom. The second-order valence-electron chi connectivity index (χ2n) is 11.5. The molecule has 1 saturated heterocycles. The molecule has 4 aliphatic rings. The Morgan fingerprint density at radius 3 is 2.52 bits per heavy atom. The molecular weight excluding hydrogens is 516 g/mol. The first kappa shape index (κ1) is 25.1. The van der Waals surface area contributed by atoms with Crippen molar-refractivity contribution < 1.29 is 23.1 Å². The number of halogens is 2. The van der Waals surface area contributed by atoms with Gasteiger partial charge in [0.1, 0.15) is 11.9 Å². The lowest BCUT2D eigenvalue weighted by Gasteiger charge is -2.26. The molecule has 7 rings (SSSR count). The van der Waals surface area contributed by atoms with Gasteiger partial charge in [0.15, 0.2) is 11.6 Å². The zero-order chi connectivity index (χ0) is 27.6. The van der Waals surface area contributed by atoms with Gasteiger partial charge in [0.05, 0.1) is 11.1 Å². The van der Waals surface area contributed by atoms with Crippen molar-refractivity contribution in [2.75, 3.05) is 18.4 Å². The first-order valence-corrected chi connectivity index (χ1v) is 13.7. The average molecular weight is 546 g/mol. The third-order valence-corrected chi connectivity index (χ3v) is 9.38. The molecule has 6 atom stereocenters. The van der Waals surface area contributed by atoms with Crippen LogP contribution < -0.4 is 11.1 Å². The lowest BCUT2D eigenvalue weighted by Crippen LogP contribution is -2.36. The maximum atomic E-state index is 14.7. The van der Waals surface area contributed by atoms with Gasteiger partial charge in [0.2, 0.25) is 5.91 Å². The number of rotatable bonds is 2. The Morgan fingerprint density at radius 2 is 1.73 bits per heavy atom. The number of nitrogens with two attached hydrogens (primary N) is 1. The lowest BCUT2D eigenvalue weighted by molar-refractivity contribution is -0.120. The number of nitrogens with zero attached hydrogens (tertiary/aromatic N) is 3. The van der Waals surface area contributed by atoms with E-state index in [1.807, 2.05) is 18.2 Å². The molecule has 206 valence electrons. The molecule has 10 heteroatoms. The Balaban J connectivity index is 1.08. The molecule has 1 unspecified atom stereocenters. The minimum Gasteiger partial charge on any atom is -0.440 e. The standard InChI is InChI=1S/C30H29F2N5O3/c31-22-7-1-4-18(24(22)32)19-8-9-23(26-20(25(19)33)5-2-10-34-26)40-29(39)37-14-16-12-30(13-17(16)15-37)21-6-3-11-35-27(21)36-28(30)38/h1-7,10-11,16-17,19,23,25H,8-9,12-15,33H2,(H,35,36,38)/t16-,17+,19-,23+,25-,30?/m0/s1. The number of carbonyl (C=O) groups excluding carboxylic acids is 2. The number of fused-ring (bicyclic) bond motifs is 4. The molecule has 1 spiro atoms. The largest absolute Gasteiger partial charge is 0.440 e. The number of benzene rings is 1. The highest BCUT2D eigenvalue weighted by Gasteiger charge is 2.58. The van der Waals surface area contributed by atoms with Crippen molar-refractivity contribution in [2.24, 2.45) is 17.6 Å². The van der Waals surface area contributed by atoms with Crippen molar-refractivity contribution in [3.05, 3.63) is 88.9 Å². The summed E-state index contributed by atoms with van der Waals surface area (Å²) in [6.45, 7) is 1.01. The summed E-state index contributed by atoms with van der Waals surface area (Å²) in [6, 6.07) is 10.9. The second-order valence-corrected chi connectivity index (χ2v) is 11.5. The van der Waals surface area contributed by atoms with Crippen molar-refractivity contribution in [1.82, 2.24) is 14.9 Å².